The number of benzene rings is 1. The van der Waals surface area contributed by atoms with Gasteiger partial charge in [0.25, 0.3) is 0 Å². The minimum absolute atomic E-state index is 0.650. The maximum absolute atomic E-state index is 6.13. The fourth-order valence-corrected chi connectivity index (χ4v) is 3.01. The van der Waals surface area contributed by atoms with Gasteiger partial charge in [-0.3, -0.25) is 0 Å². The van der Waals surface area contributed by atoms with Crippen LogP contribution in [0.2, 0.25) is 5.02 Å². The molecule has 1 aromatic carbocycles. The van der Waals surface area contributed by atoms with Crippen molar-refractivity contribution in [2.75, 3.05) is 5.73 Å². The number of nitrogens with two attached hydrogens (primary N) is 1. The van der Waals surface area contributed by atoms with Crippen molar-refractivity contribution >= 4 is 27.9 Å². The minimum atomic E-state index is 0.650. The van der Waals surface area contributed by atoms with Crippen LogP contribution in [0.25, 0.3) is 11.3 Å². The average Bonchev–Trinajstić information content (AvgIpc) is 3.07. The number of aryl methyl sites for hydroxylation is 1. The Bertz CT molecular complexity index is 573. The molecule has 3 rings (SSSR count). The standard InChI is InChI=1S/C13H13ClN2S/c1-7-2-3-9(6-10(7)14)11-12(15)17-13(16-11)8-4-5-8/h2-3,6,8H,4-5,15H2,1H3. The molecule has 1 heterocycles. The molecule has 2 nitrogen and oxygen atoms in total. The molecule has 0 bridgehead atoms. The van der Waals surface area contributed by atoms with Crippen molar-refractivity contribution in [2.45, 2.75) is 25.7 Å². The molecule has 0 saturated heterocycles. The zero-order chi connectivity index (χ0) is 12.0. The lowest BCUT2D eigenvalue weighted by molar-refractivity contribution is 1.09. The van der Waals surface area contributed by atoms with Gasteiger partial charge in [-0.1, -0.05) is 23.7 Å². The number of hydrogen-bond acceptors (Lipinski definition) is 3. The summed E-state index contributed by atoms with van der Waals surface area (Å²) in [5.74, 6) is 0.650. The quantitative estimate of drug-likeness (QED) is 0.882. The molecule has 0 unspecified atom stereocenters. The maximum atomic E-state index is 6.13. The Morgan fingerprint density at radius 3 is 2.82 bits per heavy atom. The normalized spacial score (nSPS) is 15.2. The van der Waals surface area contributed by atoms with Crippen LogP contribution in [0.15, 0.2) is 18.2 Å². The molecule has 17 heavy (non-hydrogen) atoms. The molecule has 0 radical (unpaired) electrons. The molecule has 0 spiro atoms. The predicted molar refractivity (Wildman–Crippen MR) is 73.7 cm³/mol. The molecule has 0 amide bonds. The molecule has 0 aliphatic heterocycles. The third-order valence-electron chi connectivity index (χ3n) is 3.04. The van der Waals surface area contributed by atoms with Crippen molar-refractivity contribution in [3.8, 4) is 11.3 Å². The van der Waals surface area contributed by atoms with Gasteiger partial charge in [-0.05, 0) is 31.4 Å². The van der Waals surface area contributed by atoms with Gasteiger partial charge < -0.3 is 5.73 Å². The average molecular weight is 265 g/mol. The molecule has 2 aromatic rings. The van der Waals surface area contributed by atoms with Gasteiger partial charge in [-0.2, -0.15) is 0 Å². The van der Waals surface area contributed by atoms with Crippen LogP contribution in [0.4, 0.5) is 5.00 Å². The van der Waals surface area contributed by atoms with E-state index >= 15 is 0 Å². The number of anilines is 1. The third kappa shape index (κ3) is 2.05. The molecule has 1 aliphatic rings. The Hall–Kier alpha value is -1.06. The van der Waals surface area contributed by atoms with E-state index in [2.05, 4.69) is 4.98 Å². The van der Waals surface area contributed by atoms with Crippen molar-refractivity contribution in [1.29, 1.82) is 0 Å². The Kier molecular flexibility index (Phi) is 2.60. The summed E-state index contributed by atoms with van der Waals surface area (Å²) in [5, 5.41) is 2.74. The molecule has 0 atom stereocenters. The summed E-state index contributed by atoms with van der Waals surface area (Å²) in [5.41, 5.74) is 9.02. The second kappa shape index (κ2) is 4.00. The maximum Gasteiger partial charge on any atom is 0.114 e. The highest BCUT2D eigenvalue weighted by atomic mass is 35.5. The van der Waals surface area contributed by atoms with Crippen molar-refractivity contribution in [1.82, 2.24) is 4.98 Å². The number of rotatable bonds is 2. The van der Waals surface area contributed by atoms with Crippen LogP contribution >= 0.6 is 22.9 Å². The lowest BCUT2D eigenvalue weighted by Gasteiger charge is -2.02. The van der Waals surface area contributed by atoms with Gasteiger partial charge in [0, 0.05) is 16.5 Å². The number of aromatic nitrogens is 1. The summed E-state index contributed by atoms with van der Waals surface area (Å²) in [4.78, 5) is 4.65. The van der Waals surface area contributed by atoms with Crippen molar-refractivity contribution in [3.05, 3.63) is 33.8 Å². The minimum Gasteiger partial charge on any atom is -0.389 e. The molecule has 1 aromatic heterocycles. The molecule has 1 aliphatic carbocycles. The van der Waals surface area contributed by atoms with Crippen LogP contribution < -0.4 is 5.73 Å². The Labute approximate surface area is 109 Å². The first-order valence-corrected chi connectivity index (χ1v) is 6.87. The van der Waals surface area contributed by atoms with Crippen molar-refractivity contribution < 1.29 is 0 Å². The van der Waals surface area contributed by atoms with Gasteiger partial charge in [-0.25, -0.2) is 4.98 Å². The zero-order valence-corrected chi connectivity index (χ0v) is 11.1. The Morgan fingerprint density at radius 2 is 2.18 bits per heavy atom. The first kappa shape index (κ1) is 11.1. The summed E-state index contributed by atoms with van der Waals surface area (Å²) < 4.78 is 0. The molecule has 88 valence electrons. The van der Waals surface area contributed by atoms with E-state index in [1.165, 1.54) is 17.8 Å². The van der Waals surface area contributed by atoms with E-state index in [1.54, 1.807) is 11.3 Å². The zero-order valence-electron chi connectivity index (χ0n) is 9.53. The molecular weight excluding hydrogens is 252 g/mol. The Balaban J connectivity index is 2.04. The van der Waals surface area contributed by atoms with Crippen LogP contribution in [0, 0.1) is 6.92 Å². The SMILES string of the molecule is Cc1ccc(-c2nc(C3CC3)sc2N)cc1Cl. The van der Waals surface area contributed by atoms with Gasteiger partial charge in [0.05, 0.1) is 5.01 Å². The van der Waals surface area contributed by atoms with Crippen LogP contribution in [-0.4, -0.2) is 4.98 Å². The first-order valence-electron chi connectivity index (χ1n) is 5.68. The fourth-order valence-electron chi connectivity index (χ4n) is 1.80. The third-order valence-corrected chi connectivity index (χ3v) is 4.50. The second-order valence-corrected chi connectivity index (χ2v) is 5.97. The highest BCUT2D eigenvalue weighted by Crippen LogP contribution is 2.45. The second-order valence-electron chi connectivity index (χ2n) is 4.50. The fraction of sp³-hybridized carbons (Fsp3) is 0.308. The van der Waals surface area contributed by atoms with Gasteiger partial charge in [-0.15, -0.1) is 11.3 Å². The van der Waals surface area contributed by atoms with Crippen LogP contribution in [0.5, 0.6) is 0 Å². The van der Waals surface area contributed by atoms with Gasteiger partial charge in [0.1, 0.15) is 10.7 Å². The topological polar surface area (TPSA) is 38.9 Å². The lowest BCUT2D eigenvalue weighted by Crippen LogP contribution is -1.87. The monoisotopic (exact) mass is 264 g/mol. The summed E-state index contributed by atoms with van der Waals surface area (Å²) in [7, 11) is 0. The molecular formula is C13H13ClN2S. The van der Waals surface area contributed by atoms with E-state index in [4.69, 9.17) is 17.3 Å². The van der Waals surface area contributed by atoms with Crippen LogP contribution in [0.1, 0.15) is 29.3 Å². The largest absolute Gasteiger partial charge is 0.389 e. The van der Waals surface area contributed by atoms with Crippen molar-refractivity contribution in [2.24, 2.45) is 0 Å². The highest BCUT2D eigenvalue weighted by molar-refractivity contribution is 7.16. The summed E-state index contributed by atoms with van der Waals surface area (Å²) >= 11 is 7.75. The number of thiazole rings is 1. The number of nitrogens with zero attached hydrogens (tertiary/aromatic N) is 1. The highest BCUT2D eigenvalue weighted by Gasteiger charge is 2.28. The first-order chi connectivity index (χ1) is 8.15. The summed E-state index contributed by atoms with van der Waals surface area (Å²) in [6.45, 7) is 1.99. The van der Waals surface area contributed by atoms with E-state index in [0.29, 0.717) is 5.92 Å². The van der Waals surface area contributed by atoms with Crippen LogP contribution in [-0.2, 0) is 0 Å². The van der Waals surface area contributed by atoms with E-state index in [9.17, 15) is 0 Å². The van der Waals surface area contributed by atoms with E-state index in [0.717, 1.165) is 26.8 Å². The molecule has 4 heteroatoms. The Morgan fingerprint density at radius 1 is 1.41 bits per heavy atom. The summed E-state index contributed by atoms with van der Waals surface area (Å²) in [6.07, 6.45) is 2.50. The van der Waals surface area contributed by atoms with Gasteiger partial charge in [0.2, 0.25) is 0 Å². The van der Waals surface area contributed by atoms with Gasteiger partial charge >= 0.3 is 0 Å². The summed E-state index contributed by atoms with van der Waals surface area (Å²) in [6, 6.07) is 5.98. The smallest absolute Gasteiger partial charge is 0.114 e. The molecule has 1 saturated carbocycles. The van der Waals surface area contributed by atoms with E-state index in [1.807, 2.05) is 25.1 Å². The lowest BCUT2D eigenvalue weighted by atomic mass is 10.1. The molecule has 1 fully saturated rings. The van der Waals surface area contributed by atoms with Crippen molar-refractivity contribution in [3.63, 3.8) is 0 Å². The predicted octanol–water partition coefficient (Wildman–Crippen LogP) is 4.23. The molecule has 2 N–H and O–H groups in total. The number of halogens is 1. The van der Waals surface area contributed by atoms with E-state index in [-0.39, 0.29) is 0 Å². The van der Waals surface area contributed by atoms with E-state index < -0.39 is 0 Å². The number of hydrogen-bond donors (Lipinski definition) is 1. The van der Waals surface area contributed by atoms with Crippen LogP contribution in [0.3, 0.4) is 0 Å². The van der Waals surface area contributed by atoms with Gasteiger partial charge in [0.15, 0.2) is 0 Å². The number of nitrogen functional groups attached to an aromatic ring is 1.